The second-order valence-corrected chi connectivity index (χ2v) is 6.88. The minimum atomic E-state index is 0.0504. The minimum absolute atomic E-state index is 0.0504. The summed E-state index contributed by atoms with van der Waals surface area (Å²) >= 11 is 0. The first kappa shape index (κ1) is 18.3. The van der Waals surface area contributed by atoms with Gasteiger partial charge in [-0.3, -0.25) is 14.9 Å². The lowest BCUT2D eigenvalue weighted by Gasteiger charge is -2.39. The number of nitrogens with zero attached hydrogens (tertiary/aromatic N) is 4. The Morgan fingerprint density at radius 1 is 0.893 bits per heavy atom. The first-order valence-corrected chi connectivity index (χ1v) is 9.48. The van der Waals surface area contributed by atoms with E-state index in [4.69, 9.17) is 4.74 Å². The minimum Gasteiger partial charge on any atom is -0.379 e. The second-order valence-electron chi connectivity index (χ2n) is 6.88. The van der Waals surface area contributed by atoms with Crippen LogP contribution in [0, 0.1) is 11.3 Å². The van der Waals surface area contributed by atoms with Crippen molar-refractivity contribution in [3.05, 3.63) is 95.6 Å². The number of benzene rings is 1. The summed E-state index contributed by atoms with van der Waals surface area (Å²) in [5.74, 6) is 0.0504. The lowest BCUT2D eigenvalue weighted by Crippen LogP contribution is -2.41. The normalized spacial score (nSPS) is 15.9. The molecular formula is C23H22N4O. The maximum absolute atomic E-state index is 9.42. The van der Waals surface area contributed by atoms with E-state index in [9.17, 15) is 5.26 Å². The van der Waals surface area contributed by atoms with E-state index in [1.807, 2.05) is 42.7 Å². The Morgan fingerprint density at radius 2 is 1.54 bits per heavy atom. The molecule has 1 atom stereocenters. The SMILES string of the molecule is N#Cc1cccc(C(C(c2cccnc2)c2cccnc2)N2CCOCC2)c1. The van der Waals surface area contributed by atoms with Gasteiger partial charge in [-0.25, -0.2) is 0 Å². The van der Waals surface area contributed by atoms with E-state index in [0.717, 1.165) is 29.8 Å². The number of hydrogen-bond donors (Lipinski definition) is 0. The average Bonchev–Trinajstić information content (AvgIpc) is 2.79. The van der Waals surface area contributed by atoms with Crippen LogP contribution in [-0.4, -0.2) is 41.2 Å². The van der Waals surface area contributed by atoms with Gasteiger partial charge in [-0.1, -0.05) is 24.3 Å². The second kappa shape index (κ2) is 8.75. The molecule has 4 rings (SSSR count). The Hall–Kier alpha value is -3.07. The molecule has 1 aliphatic heterocycles. The van der Waals surface area contributed by atoms with Crippen LogP contribution >= 0.6 is 0 Å². The van der Waals surface area contributed by atoms with Crippen LogP contribution in [-0.2, 0) is 4.74 Å². The average molecular weight is 370 g/mol. The molecule has 5 heteroatoms. The van der Waals surface area contributed by atoms with Gasteiger partial charge in [0, 0.05) is 49.8 Å². The van der Waals surface area contributed by atoms with E-state index in [2.05, 4.69) is 39.1 Å². The van der Waals surface area contributed by atoms with Crippen molar-refractivity contribution >= 4 is 0 Å². The quantitative estimate of drug-likeness (QED) is 0.687. The largest absolute Gasteiger partial charge is 0.379 e. The third kappa shape index (κ3) is 3.94. The van der Waals surface area contributed by atoms with Crippen molar-refractivity contribution in [2.75, 3.05) is 26.3 Å². The monoisotopic (exact) mass is 370 g/mol. The molecular weight excluding hydrogens is 348 g/mol. The fraction of sp³-hybridized carbons (Fsp3) is 0.261. The lowest BCUT2D eigenvalue weighted by molar-refractivity contribution is 0.0124. The van der Waals surface area contributed by atoms with Gasteiger partial charge in [-0.15, -0.1) is 0 Å². The van der Waals surface area contributed by atoms with Crippen molar-refractivity contribution in [3.8, 4) is 6.07 Å². The first-order chi connectivity index (χ1) is 13.9. The van der Waals surface area contributed by atoms with Crippen LogP contribution < -0.4 is 0 Å². The molecule has 5 nitrogen and oxygen atoms in total. The molecule has 0 N–H and O–H groups in total. The smallest absolute Gasteiger partial charge is 0.0991 e. The molecule has 0 saturated carbocycles. The summed E-state index contributed by atoms with van der Waals surface area (Å²) in [6.45, 7) is 3.11. The van der Waals surface area contributed by atoms with Crippen LogP contribution in [0.1, 0.15) is 34.2 Å². The summed E-state index contributed by atoms with van der Waals surface area (Å²) < 4.78 is 5.60. The zero-order valence-corrected chi connectivity index (χ0v) is 15.6. The molecule has 1 aromatic carbocycles. The lowest BCUT2D eigenvalue weighted by atomic mass is 9.81. The summed E-state index contributed by atoms with van der Waals surface area (Å²) in [5, 5.41) is 9.42. The van der Waals surface area contributed by atoms with Crippen molar-refractivity contribution < 1.29 is 4.74 Å². The number of morpholine rings is 1. The standard InChI is InChI=1S/C23H22N4O/c24-15-18-4-1-5-19(14-18)23(27-10-12-28-13-11-27)22(20-6-2-8-25-16-20)21-7-3-9-26-17-21/h1-9,14,16-17,22-23H,10-13H2. The van der Waals surface area contributed by atoms with Crippen molar-refractivity contribution in [1.29, 1.82) is 5.26 Å². The highest BCUT2D eigenvalue weighted by Crippen LogP contribution is 2.40. The highest BCUT2D eigenvalue weighted by atomic mass is 16.5. The molecule has 140 valence electrons. The number of rotatable bonds is 5. The number of hydrogen-bond acceptors (Lipinski definition) is 5. The summed E-state index contributed by atoms with van der Waals surface area (Å²) in [7, 11) is 0. The first-order valence-electron chi connectivity index (χ1n) is 9.48. The number of nitriles is 1. The highest BCUT2D eigenvalue weighted by Gasteiger charge is 2.33. The summed E-state index contributed by atoms with van der Waals surface area (Å²) in [6, 6.07) is 18.4. The molecule has 0 aliphatic carbocycles. The molecule has 1 aliphatic rings. The van der Waals surface area contributed by atoms with Gasteiger partial charge in [-0.2, -0.15) is 5.26 Å². The van der Waals surface area contributed by atoms with Crippen molar-refractivity contribution in [1.82, 2.24) is 14.9 Å². The van der Waals surface area contributed by atoms with E-state index in [1.54, 1.807) is 12.4 Å². The molecule has 28 heavy (non-hydrogen) atoms. The van der Waals surface area contributed by atoms with Gasteiger partial charge in [0.05, 0.1) is 24.8 Å². The van der Waals surface area contributed by atoms with E-state index >= 15 is 0 Å². The van der Waals surface area contributed by atoms with Gasteiger partial charge < -0.3 is 4.74 Å². The fourth-order valence-corrected chi connectivity index (χ4v) is 3.94. The number of aromatic nitrogens is 2. The van der Waals surface area contributed by atoms with Gasteiger partial charge in [-0.05, 0) is 41.0 Å². The Balaban J connectivity index is 1.86. The predicted octanol–water partition coefficient (Wildman–Crippen LogP) is 3.55. The van der Waals surface area contributed by atoms with Gasteiger partial charge in [0.1, 0.15) is 0 Å². The molecule has 3 heterocycles. The Labute approximate surface area is 165 Å². The number of ether oxygens (including phenoxy) is 1. The Bertz CT molecular complexity index is 894. The molecule has 3 aromatic rings. The van der Waals surface area contributed by atoms with Crippen LogP contribution in [0.4, 0.5) is 0 Å². The van der Waals surface area contributed by atoms with Gasteiger partial charge in [0.25, 0.3) is 0 Å². The van der Waals surface area contributed by atoms with Crippen LogP contribution in [0.3, 0.4) is 0 Å². The molecule has 0 spiro atoms. The summed E-state index contributed by atoms with van der Waals surface area (Å²) in [5.41, 5.74) is 4.06. The van der Waals surface area contributed by atoms with Crippen molar-refractivity contribution in [3.63, 3.8) is 0 Å². The van der Waals surface area contributed by atoms with Crippen LogP contribution in [0.15, 0.2) is 73.3 Å². The molecule has 0 bridgehead atoms. The summed E-state index contributed by atoms with van der Waals surface area (Å²) in [6.07, 6.45) is 7.45. The number of pyridine rings is 2. The fourth-order valence-electron chi connectivity index (χ4n) is 3.94. The van der Waals surface area contributed by atoms with Crippen molar-refractivity contribution in [2.24, 2.45) is 0 Å². The van der Waals surface area contributed by atoms with E-state index < -0.39 is 0 Å². The van der Waals surface area contributed by atoms with Crippen molar-refractivity contribution in [2.45, 2.75) is 12.0 Å². The molecule has 0 radical (unpaired) electrons. The van der Waals surface area contributed by atoms with Gasteiger partial charge in [0.2, 0.25) is 0 Å². The maximum atomic E-state index is 9.42. The maximum Gasteiger partial charge on any atom is 0.0991 e. The molecule has 2 aromatic heterocycles. The molecule has 1 unspecified atom stereocenters. The van der Waals surface area contributed by atoms with E-state index in [-0.39, 0.29) is 12.0 Å². The van der Waals surface area contributed by atoms with Gasteiger partial charge in [0.15, 0.2) is 0 Å². The zero-order chi connectivity index (χ0) is 19.2. The Kier molecular flexibility index (Phi) is 5.72. The third-order valence-corrected chi connectivity index (χ3v) is 5.20. The van der Waals surface area contributed by atoms with Crippen LogP contribution in [0.5, 0.6) is 0 Å². The molecule has 0 amide bonds. The van der Waals surface area contributed by atoms with E-state index in [0.29, 0.717) is 18.8 Å². The highest BCUT2D eigenvalue weighted by molar-refractivity contribution is 5.40. The third-order valence-electron chi connectivity index (χ3n) is 5.20. The Morgan fingerprint density at radius 3 is 2.11 bits per heavy atom. The van der Waals surface area contributed by atoms with Gasteiger partial charge >= 0.3 is 0 Å². The van der Waals surface area contributed by atoms with Crippen LogP contribution in [0.25, 0.3) is 0 Å². The van der Waals surface area contributed by atoms with Crippen LogP contribution in [0.2, 0.25) is 0 Å². The van der Waals surface area contributed by atoms with E-state index in [1.165, 1.54) is 0 Å². The molecule has 1 fully saturated rings. The topological polar surface area (TPSA) is 62.0 Å². The zero-order valence-electron chi connectivity index (χ0n) is 15.6. The summed E-state index contributed by atoms with van der Waals surface area (Å²) in [4.78, 5) is 11.2. The predicted molar refractivity (Wildman–Crippen MR) is 107 cm³/mol. The molecule has 1 saturated heterocycles.